The van der Waals surface area contributed by atoms with Gasteiger partial charge in [0.25, 0.3) is 5.91 Å². The summed E-state index contributed by atoms with van der Waals surface area (Å²) in [5, 5.41) is 0. The summed E-state index contributed by atoms with van der Waals surface area (Å²) in [5.74, 6) is -1.77. The first-order valence-corrected chi connectivity index (χ1v) is 10.3. The Morgan fingerprint density at radius 2 is 1.79 bits per heavy atom. The lowest BCUT2D eigenvalue weighted by Gasteiger charge is -2.30. The van der Waals surface area contributed by atoms with Gasteiger partial charge in [-0.3, -0.25) is 14.4 Å². The number of carbonyl (C=O) groups is 3. The van der Waals surface area contributed by atoms with Crippen molar-refractivity contribution in [3.8, 4) is 0 Å². The Labute approximate surface area is 164 Å². The molecular weight excluding hydrogens is 388 g/mol. The van der Waals surface area contributed by atoms with E-state index in [9.17, 15) is 22.8 Å². The van der Waals surface area contributed by atoms with Crippen LogP contribution in [0.3, 0.4) is 0 Å². The fourth-order valence-electron chi connectivity index (χ4n) is 2.83. The predicted octanol–water partition coefficient (Wildman–Crippen LogP) is 0.308. The van der Waals surface area contributed by atoms with Crippen molar-refractivity contribution in [2.75, 3.05) is 26.8 Å². The lowest BCUT2D eigenvalue weighted by atomic mass is 9.97. The minimum atomic E-state index is -3.87. The fraction of sp³-hybridized carbons (Fsp3) is 0.500. The van der Waals surface area contributed by atoms with Crippen molar-refractivity contribution in [3.63, 3.8) is 0 Å². The van der Waals surface area contributed by atoms with Gasteiger partial charge in [0.1, 0.15) is 6.04 Å². The van der Waals surface area contributed by atoms with E-state index in [0.717, 1.165) is 0 Å². The predicted molar refractivity (Wildman–Crippen MR) is 98.5 cm³/mol. The van der Waals surface area contributed by atoms with E-state index in [2.05, 4.69) is 4.72 Å². The Morgan fingerprint density at radius 3 is 2.36 bits per heavy atom. The molecule has 0 unspecified atom stereocenters. The first-order valence-electron chi connectivity index (χ1n) is 8.84. The number of sulfonamides is 1. The summed E-state index contributed by atoms with van der Waals surface area (Å²) < 4.78 is 36.3. The number of ether oxygens (including phenoxy) is 2. The van der Waals surface area contributed by atoms with Crippen molar-refractivity contribution >= 4 is 27.9 Å². The van der Waals surface area contributed by atoms with E-state index in [0.29, 0.717) is 25.9 Å². The maximum absolute atomic E-state index is 12.2. The third-order valence-electron chi connectivity index (χ3n) is 4.46. The van der Waals surface area contributed by atoms with E-state index in [1.165, 1.54) is 31.1 Å². The first kappa shape index (κ1) is 21.8. The van der Waals surface area contributed by atoms with Crippen LogP contribution in [0.2, 0.25) is 0 Å². The van der Waals surface area contributed by atoms with Crippen molar-refractivity contribution in [2.45, 2.75) is 30.7 Å². The summed E-state index contributed by atoms with van der Waals surface area (Å²) in [6.07, 6.45) is 0.972. The lowest BCUT2D eigenvalue weighted by molar-refractivity contribution is -0.154. The molecule has 0 spiro atoms. The number of hydrogen-bond acceptors (Lipinski definition) is 7. The average Bonchev–Trinajstić information content (AvgIpc) is 2.71. The number of rotatable bonds is 7. The van der Waals surface area contributed by atoms with Gasteiger partial charge >= 0.3 is 11.9 Å². The van der Waals surface area contributed by atoms with Crippen LogP contribution in [0.4, 0.5) is 0 Å². The molecule has 1 fully saturated rings. The Kier molecular flexibility index (Phi) is 7.53. The molecule has 1 aliphatic rings. The van der Waals surface area contributed by atoms with Gasteiger partial charge in [0.05, 0.1) is 17.9 Å². The zero-order valence-electron chi connectivity index (χ0n) is 15.8. The first-order chi connectivity index (χ1) is 13.2. The molecule has 0 aliphatic carbocycles. The SMILES string of the molecule is COC(=O)C1CCN(C(=O)COC(=O)[C@H](C)NS(=O)(=O)c2ccccc2)CC1. The second-order valence-corrected chi connectivity index (χ2v) is 8.16. The van der Waals surface area contributed by atoms with Crippen LogP contribution in [0.1, 0.15) is 19.8 Å². The van der Waals surface area contributed by atoms with Gasteiger partial charge in [-0.2, -0.15) is 4.72 Å². The van der Waals surface area contributed by atoms with E-state index in [-0.39, 0.29) is 16.8 Å². The van der Waals surface area contributed by atoms with Gasteiger partial charge in [-0.1, -0.05) is 18.2 Å². The van der Waals surface area contributed by atoms with E-state index in [1.807, 2.05) is 0 Å². The van der Waals surface area contributed by atoms with Crippen molar-refractivity contribution in [3.05, 3.63) is 30.3 Å². The molecule has 1 heterocycles. The number of carbonyl (C=O) groups excluding carboxylic acids is 3. The summed E-state index contributed by atoms with van der Waals surface area (Å²) >= 11 is 0. The normalized spacial score (nSPS) is 16.3. The topological polar surface area (TPSA) is 119 Å². The highest BCUT2D eigenvalue weighted by molar-refractivity contribution is 7.89. The molecule has 1 N–H and O–H groups in total. The highest BCUT2D eigenvalue weighted by Gasteiger charge is 2.29. The average molecular weight is 412 g/mol. The zero-order chi connectivity index (χ0) is 20.7. The van der Waals surface area contributed by atoms with Crippen LogP contribution in [0, 0.1) is 5.92 Å². The molecule has 1 saturated heterocycles. The van der Waals surface area contributed by atoms with Crippen molar-refractivity contribution in [1.29, 1.82) is 0 Å². The van der Waals surface area contributed by atoms with Crippen molar-refractivity contribution < 1.29 is 32.3 Å². The number of hydrogen-bond donors (Lipinski definition) is 1. The van der Waals surface area contributed by atoms with Crippen molar-refractivity contribution in [2.24, 2.45) is 5.92 Å². The minimum Gasteiger partial charge on any atom is -0.469 e. The molecule has 28 heavy (non-hydrogen) atoms. The maximum atomic E-state index is 12.2. The highest BCUT2D eigenvalue weighted by Crippen LogP contribution is 2.18. The molecule has 0 aromatic heterocycles. The number of nitrogens with zero attached hydrogens (tertiary/aromatic N) is 1. The van der Waals surface area contributed by atoms with Crippen LogP contribution < -0.4 is 4.72 Å². The number of esters is 2. The monoisotopic (exact) mass is 412 g/mol. The minimum absolute atomic E-state index is 0.0270. The number of likely N-dealkylation sites (tertiary alicyclic amines) is 1. The summed E-state index contributed by atoms with van der Waals surface area (Å²) in [7, 11) is -2.54. The summed E-state index contributed by atoms with van der Waals surface area (Å²) in [6.45, 7) is 1.59. The second kappa shape index (κ2) is 9.65. The molecule has 2 rings (SSSR count). The summed E-state index contributed by atoms with van der Waals surface area (Å²) in [5.41, 5.74) is 0. The molecule has 1 aromatic rings. The number of benzene rings is 1. The summed E-state index contributed by atoms with van der Waals surface area (Å²) in [4.78, 5) is 37.2. The van der Waals surface area contributed by atoms with Gasteiger partial charge in [-0.25, -0.2) is 8.42 Å². The number of nitrogens with one attached hydrogen (secondary N) is 1. The van der Waals surface area contributed by atoms with E-state index >= 15 is 0 Å². The van der Waals surface area contributed by atoms with E-state index < -0.39 is 34.5 Å². The highest BCUT2D eigenvalue weighted by atomic mass is 32.2. The Bertz CT molecular complexity index is 802. The molecular formula is C18H24N2O7S. The molecule has 1 aromatic carbocycles. The molecule has 9 nitrogen and oxygen atoms in total. The van der Waals surface area contributed by atoms with Gasteiger partial charge in [0.2, 0.25) is 10.0 Å². The molecule has 1 aliphatic heterocycles. The van der Waals surface area contributed by atoms with Crippen LogP contribution in [-0.4, -0.2) is 64.0 Å². The van der Waals surface area contributed by atoms with Gasteiger partial charge in [0.15, 0.2) is 6.61 Å². The molecule has 0 saturated carbocycles. The van der Waals surface area contributed by atoms with Crippen LogP contribution in [0.5, 0.6) is 0 Å². The molecule has 10 heteroatoms. The van der Waals surface area contributed by atoms with Gasteiger partial charge in [0, 0.05) is 13.1 Å². The van der Waals surface area contributed by atoms with Crippen LogP contribution in [-0.2, 0) is 33.9 Å². The number of methoxy groups -OCH3 is 1. The molecule has 0 bridgehead atoms. The molecule has 154 valence electrons. The molecule has 1 atom stereocenters. The standard InChI is InChI=1S/C18H24N2O7S/c1-13(19-28(24,25)15-6-4-3-5-7-15)17(22)27-12-16(21)20-10-8-14(9-11-20)18(23)26-2/h3-7,13-14,19H,8-12H2,1-2H3/t13-/m0/s1. The van der Waals surface area contributed by atoms with Crippen LogP contribution >= 0.6 is 0 Å². The summed E-state index contributed by atoms with van der Waals surface area (Å²) in [6, 6.07) is 6.47. The third kappa shape index (κ3) is 5.77. The Balaban J connectivity index is 1.80. The maximum Gasteiger partial charge on any atom is 0.324 e. The van der Waals surface area contributed by atoms with Crippen LogP contribution in [0.25, 0.3) is 0 Å². The Hall–Kier alpha value is -2.46. The molecule has 1 amide bonds. The zero-order valence-corrected chi connectivity index (χ0v) is 16.6. The second-order valence-electron chi connectivity index (χ2n) is 6.44. The van der Waals surface area contributed by atoms with Crippen molar-refractivity contribution in [1.82, 2.24) is 9.62 Å². The Morgan fingerprint density at radius 1 is 1.18 bits per heavy atom. The smallest absolute Gasteiger partial charge is 0.324 e. The molecule has 0 radical (unpaired) electrons. The van der Waals surface area contributed by atoms with Crippen LogP contribution in [0.15, 0.2) is 35.2 Å². The van der Waals surface area contributed by atoms with Gasteiger partial charge in [-0.15, -0.1) is 0 Å². The number of piperidine rings is 1. The van der Waals surface area contributed by atoms with E-state index in [4.69, 9.17) is 9.47 Å². The lowest BCUT2D eigenvalue weighted by Crippen LogP contribution is -2.44. The van der Waals surface area contributed by atoms with E-state index in [1.54, 1.807) is 18.2 Å². The van der Waals surface area contributed by atoms with Gasteiger partial charge < -0.3 is 14.4 Å². The number of amides is 1. The van der Waals surface area contributed by atoms with Gasteiger partial charge in [-0.05, 0) is 31.9 Å². The quantitative estimate of drug-likeness (QED) is 0.640. The fourth-order valence-corrected chi connectivity index (χ4v) is 4.04. The largest absolute Gasteiger partial charge is 0.469 e. The third-order valence-corrected chi connectivity index (χ3v) is 6.02.